The van der Waals surface area contributed by atoms with Gasteiger partial charge in [0, 0.05) is 18.1 Å². The van der Waals surface area contributed by atoms with E-state index in [0.717, 1.165) is 5.56 Å². The maximum Gasteiger partial charge on any atom is 0.282 e. The molecule has 5 nitrogen and oxygen atoms in total. The standard InChI is InChI=1S/C14H16F2N4O/c1-9-7-12(14(15)16)19-20(9)8-13(21)18-10(2)11-3-5-17-6-4-11/h3-7,10,14H,8H2,1-2H3,(H,18,21). The molecule has 2 rings (SSSR count). The Kier molecular flexibility index (Phi) is 4.62. The molecule has 1 N–H and O–H groups in total. The highest BCUT2D eigenvalue weighted by Crippen LogP contribution is 2.18. The molecule has 1 unspecified atom stereocenters. The Labute approximate surface area is 121 Å². The van der Waals surface area contributed by atoms with Crippen molar-refractivity contribution in [1.82, 2.24) is 20.1 Å². The van der Waals surface area contributed by atoms with E-state index in [1.807, 2.05) is 6.92 Å². The Morgan fingerprint density at radius 3 is 2.62 bits per heavy atom. The summed E-state index contributed by atoms with van der Waals surface area (Å²) in [5, 5.41) is 6.52. The van der Waals surface area contributed by atoms with Gasteiger partial charge in [-0.2, -0.15) is 5.10 Å². The summed E-state index contributed by atoms with van der Waals surface area (Å²) >= 11 is 0. The molecule has 0 fully saturated rings. The van der Waals surface area contributed by atoms with E-state index >= 15 is 0 Å². The van der Waals surface area contributed by atoms with Crippen LogP contribution in [0.25, 0.3) is 0 Å². The van der Waals surface area contributed by atoms with Crippen LogP contribution in [-0.4, -0.2) is 20.7 Å². The molecular formula is C14H16F2N4O. The van der Waals surface area contributed by atoms with Crippen LogP contribution >= 0.6 is 0 Å². The predicted molar refractivity (Wildman–Crippen MR) is 72.7 cm³/mol. The number of nitrogens with one attached hydrogen (secondary N) is 1. The van der Waals surface area contributed by atoms with Crippen LogP contribution in [0, 0.1) is 6.92 Å². The number of rotatable bonds is 5. The average molecular weight is 294 g/mol. The van der Waals surface area contributed by atoms with Gasteiger partial charge in [-0.05, 0) is 37.6 Å². The predicted octanol–water partition coefficient (Wildman–Crippen LogP) is 2.40. The van der Waals surface area contributed by atoms with Crippen molar-refractivity contribution in [2.75, 3.05) is 0 Å². The van der Waals surface area contributed by atoms with Crippen LogP contribution in [0.5, 0.6) is 0 Å². The molecule has 0 spiro atoms. The number of aromatic nitrogens is 3. The van der Waals surface area contributed by atoms with Crippen molar-refractivity contribution in [2.24, 2.45) is 0 Å². The van der Waals surface area contributed by atoms with Crippen molar-refractivity contribution >= 4 is 5.91 Å². The van der Waals surface area contributed by atoms with Crippen LogP contribution < -0.4 is 5.32 Å². The van der Waals surface area contributed by atoms with E-state index in [1.54, 1.807) is 31.5 Å². The van der Waals surface area contributed by atoms with Crippen LogP contribution in [0.2, 0.25) is 0 Å². The van der Waals surface area contributed by atoms with E-state index in [9.17, 15) is 13.6 Å². The zero-order valence-corrected chi connectivity index (χ0v) is 11.8. The van der Waals surface area contributed by atoms with Crippen LogP contribution in [0.15, 0.2) is 30.6 Å². The van der Waals surface area contributed by atoms with Gasteiger partial charge in [0.05, 0.1) is 6.04 Å². The molecule has 0 bridgehead atoms. The van der Waals surface area contributed by atoms with Gasteiger partial charge < -0.3 is 5.32 Å². The lowest BCUT2D eigenvalue weighted by molar-refractivity contribution is -0.122. The number of carbonyl (C=O) groups excluding carboxylic acids is 1. The number of hydrogen-bond acceptors (Lipinski definition) is 3. The summed E-state index contributed by atoms with van der Waals surface area (Å²) in [6.07, 6.45) is 0.651. The van der Waals surface area contributed by atoms with Gasteiger partial charge in [0.1, 0.15) is 12.2 Å². The van der Waals surface area contributed by atoms with E-state index in [1.165, 1.54) is 10.7 Å². The summed E-state index contributed by atoms with van der Waals surface area (Å²) < 4.78 is 26.4. The Bertz CT molecular complexity index is 613. The molecule has 0 aliphatic carbocycles. The van der Waals surface area contributed by atoms with Gasteiger partial charge >= 0.3 is 0 Å². The number of amides is 1. The maximum atomic E-state index is 12.5. The topological polar surface area (TPSA) is 59.8 Å². The molecule has 0 aliphatic heterocycles. The lowest BCUT2D eigenvalue weighted by atomic mass is 10.1. The maximum absolute atomic E-state index is 12.5. The Morgan fingerprint density at radius 2 is 2.05 bits per heavy atom. The van der Waals surface area contributed by atoms with Crippen LogP contribution in [0.1, 0.15) is 36.3 Å². The smallest absolute Gasteiger partial charge is 0.282 e. The molecule has 112 valence electrons. The van der Waals surface area contributed by atoms with E-state index in [0.29, 0.717) is 5.69 Å². The Balaban J connectivity index is 1.99. The van der Waals surface area contributed by atoms with Crippen molar-refractivity contribution in [3.05, 3.63) is 47.5 Å². The van der Waals surface area contributed by atoms with E-state index in [-0.39, 0.29) is 24.2 Å². The van der Waals surface area contributed by atoms with Crippen LogP contribution in [0.4, 0.5) is 8.78 Å². The number of hydrogen-bond donors (Lipinski definition) is 1. The summed E-state index contributed by atoms with van der Waals surface area (Å²) in [6, 6.07) is 4.70. The molecule has 7 heteroatoms. The molecule has 0 aliphatic rings. The molecular weight excluding hydrogens is 278 g/mol. The highest BCUT2D eigenvalue weighted by molar-refractivity contribution is 5.76. The van der Waals surface area contributed by atoms with Crippen molar-refractivity contribution in [1.29, 1.82) is 0 Å². The number of pyridine rings is 1. The lowest BCUT2D eigenvalue weighted by Gasteiger charge is -2.14. The Morgan fingerprint density at radius 1 is 1.38 bits per heavy atom. The molecule has 2 aromatic heterocycles. The zero-order chi connectivity index (χ0) is 15.4. The molecule has 2 aromatic rings. The van der Waals surface area contributed by atoms with Gasteiger partial charge in [-0.1, -0.05) is 0 Å². The first-order chi connectivity index (χ1) is 9.97. The minimum absolute atomic E-state index is 0.0893. The monoisotopic (exact) mass is 294 g/mol. The molecule has 1 atom stereocenters. The minimum atomic E-state index is -2.64. The summed E-state index contributed by atoms with van der Waals surface area (Å²) in [6.45, 7) is 3.39. The largest absolute Gasteiger partial charge is 0.348 e. The van der Waals surface area contributed by atoms with Gasteiger partial charge in [-0.25, -0.2) is 8.78 Å². The quantitative estimate of drug-likeness (QED) is 0.921. The minimum Gasteiger partial charge on any atom is -0.348 e. The molecule has 1 amide bonds. The van der Waals surface area contributed by atoms with Gasteiger partial charge in [0.25, 0.3) is 6.43 Å². The van der Waals surface area contributed by atoms with Crippen molar-refractivity contribution in [2.45, 2.75) is 32.9 Å². The second-order valence-electron chi connectivity index (χ2n) is 4.74. The van der Waals surface area contributed by atoms with E-state index < -0.39 is 6.43 Å². The molecule has 0 radical (unpaired) electrons. The first-order valence-corrected chi connectivity index (χ1v) is 6.49. The molecule has 0 saturated heterocycles. The average Bonchev–Trinajstić information content (AvgIpc) is 2.81. The summed E-state index contributed by atoms with van der Waals surface area (Å²) in [5.74, 6) is -0.286. The van der Waals surface area contributed by atoms with E-state index in [4.69, 9.17) is 0 Å². The summed E-state index contributed by atoms with van der Waals surface area (Å²) in [7, 11) is 0. The third-order valence-electron chi connectivity index (χ3n) is 3.10. The van der Waals surface area contributed by atoms with Crippen molar-refractivity contribution < 1.29 is 13.6 Å². The second-order valence-corrected chi connectivity index (χ2v) is 4.74. The van der Waals surface area contributed by atoms with Gasteiger partial charge in [0.15, 0.2) is 0 Å². The molecule has 0 aromatic carbocycles. The lowest BCUT2D eigenvalue weighted by Crippen LogP contribution is -2.30. The summed E-state index contributed by atoms with van der Waals surface area (Å²) in [5.41, 5.74) is 1.13. The number of alkyl halides is 2. The SMILES string of the molecule is Cc1cc(C(F)F)nn1CC(=O)NC(C)c1ccncc1. The normalized spacial score (nSPS) is 12.4. The second kappa shape index (κ2) is 6.43. The fourth-order valence-corrected chi connectivity index (χ4v) is 1.96. The van der Waals surface area contributed by atoms with Gasteiger partial charge in [-0.3, -0.25) is 14.5 Å². The third kappa shape index (κ3) is 3.84. The van der Waals surface area contributed by atoms with E-state index in [2.05, 4.69) is 15.4 Å². The van der Waals surface area contributed by atoms with Crippen LogP contribution in [0.3, 0.4) is 0 Å². The molecule has 2 heterocycles. The number of nitrogens with zero attached hydrogens (tertiary/aromatic N) is 3. The zero-order valence-electron chi connectivity index (χ0n) is 11.8. The van der Waals surface area contributed by atoms with Gasteiger partial charge in [-0.15, -0.1) is 0 Å². The summed E-state index contributed by atoms with van der Waals surface area (Å²) in [4.78, 5) is 15.9. The number of carbonyl (C=O) groups is 1. The fraction of sp³-hybridized carbons (Fsp3) is 0.357. The third-order valence-corrected chi connectivity index (χ3v) is 3.10. The number of halogens is 2. The first-order valence-electron chi connectivity index (χ1n) is 6.49. The van der Waals surface area contributed by atoms with Crippen molar-refractivity contribution in [3.8, 4) is 0 Å². The first kappa shape index (κ1) is 15.1. The van der Waals surface area contributed by atoms with Crippen LogP contribution in [-0.2, 0) is 11.3 Å². The number of aryl methyl sites for hydroxylation is 1. The highest BCUT2D eigenvalue weighted by Gasteiger charge is 2.16. The molecule has 21 heavy (non-hydrogen) atoms. The highest BCUT2D eigenvalue weighted by atomic mass is 19.3. The van der Waals surface area contributed by atoms with Crippen molar-refractivity contribution in [3.63, 3.8) is 0 Å². The Hall–Kier alpha value is -2.31. The molecule has 0 saturated carbocycles. The fourth-order valence-electron chi connectivity index (χ4n) is 1.96. The van der Waals surface area contributed by atoms with Gasteiger partial charge in [0.2, 0.25) is 5.91 Å².